The first-order chi connectivity index (χ1) is 19.8. The summed E-state index contributed by atoms with van der Waals surface area (Å²) < 4.78 is 16.6. The topological polar surface area (TPSA) is 78.4 Å². The Morgan fingerprint density at radius 2 is 1.71 bits per heavy atom. The van der Waals surface area contributed by atoms with Crippen LogP contribution in [-0.4, -0.2) is 57.8 Å². The number of anilines is 2. The van der Waals surface area contributed by atoms with Crippen molar-refractivity contribution in [1.82, 2.24) is 19.8 Å². The zero-order chi connectivity index (χ0) is 28.7. The van der Waals surface area contributed by atoms with E-state index in [0.717, 1.165) is 32.5 Å². The average molecular weight is 568 g/mol. The van der Waals surface area contributed by atoms with Crippen LogP contribution in [-0.2, 0) is 4.79 Å². The molecule has 3 heterocycles. The largest absolute Gasteiger partial charge is 0.355 e. The molecule has 208 valence electrons. The van der Waals surface area contributed by atoms with Crippen LogP contribution in [0.25, 0.3) is 32.2 Å². The van der Waals surface area contributed by atoms with Gasteiger partial charge in [0.15, 0.2) is 0 Å². The third kappa shape index (κ3) is 5.25. The Morgan fingerprint density at radius 1 is 0.927 bits per heavy atom. The molecule has 6 rings (SSSR count). The highest BCUT2D eigenvalue weighted by atomic mass is 32.1. The first kappa shape index (κ1) is 26.8. The molecular weight excluding hydrogens is 537 g/mol. The number of thiazole rings is 1. The number of halogens is 1. The molecule has 0 bridgehead atoms. The number of fused-ring (bicyclic) bond motifs is 2. The lowest BCUT2D eigenvalue weighted by Crippen LogP contribution is -2.51. The number of amides is 2. The molecular formula is C32H30FN5O2S. The molecule has 0 radical (unpaired) electrons. The van der Waals surface area contributed by atoms with Crippen LogP contribution in [0.4, 0.5) is 15.8 Å². The first-order valence-corrected chi connectivity index (χ1v) is 14.5. The van der Waals surface area contributed by atoms with Crippen LogP contribution in [0.3, 0.4) is 0 Å². The van der Waals surface area contributed by atoms with E-state index in [-0.39, 0.29) is 17.7 Å². The summed E-state index contributed by atoms with van der Waals surface area (Å²) in [6.45, 7) is 7.43. The van der Waals surface area contributed by atoms with E-state index in [1.54, 1.807) is 33.4 Å². The van der Waals surface area contributed by atoms with E-state index in [2.05, 4.69) is 21.4 Å². The van der Waals surface area contributed by atoms with E-state index in [9.17, 15) is 9.59 Å². The zero-order valence-electron chi connectivity index (χ0n) is 23.1. The Labute approximate surface area is 241 Å². The normalized spacial score (nSPS) is 13.8. The van der Waals surface area contributed by atoms with Crippen LogP contribution in [0, 0.1) is 18.7 Å². The second kappa shape index (κ2) is 10.9. The maximum Gasteiger partial charge on any atom is 0.254 e. The SMILES string of the molecule is Cc1cc(-c2ccc3c(Nc4ccc5ncsc5c4)ccnc3c2)c(F)cc1C(=O)N1CCN(C(=O)C(C)C)CC1. The van der Waals surface area contributed by atoms with E-state index >= 15 is 4.39 Å². The van der Waals surface area contributed by atoms with E-state index < -0.39 is 5.82 Å². The molecule has 2 aromatic heterocycles. The van der Waals surface area contributed by atoms with Crippen LogP contribution in [0.15, 0.2) is 66.3 Å². The third-order valence-corrected chi connectivity index (χ3v) is 8.37. The summed E-state index contributed by atoms with van der Waals surface area (Å²) in [4.78, 5) is 38.0. The number of aryl methyl sites for hydroxylation is 1. The minimum absolute atomic E-state index is 0.0755. The minimum atomic E-state index is -0.459. The molecule has 1 aliphatic heterocycles. The lowest BCUT2D eigenvalue weighted by atomic mass is 9.97. The second-order valence-electron chi connectivity index (χ2n) is 10.7. The molecule has 0 unspecified atom stereocenters. The Bertz CT molecular complexity index is 1790. The number of piperazine rings is 1. The standard InChI is InChI=1S/C32H30FN5O2S/c1-19(2)31(39)37-10-12-38(13-11-37)32(40)24-17-26(33)25(14-20(24)3)21-4-6-23-27(8-9-34-29(23)15-21)36-22-5-7-28-30(16-22)41-18-35-28/h4-9,14-19H,10-13H2,1-3H3,(H,34,36). The Kier molecular flexibility index (Phi) is 7.13. The Balaban J connectivity index is 1.23. The maximum absolute atomic E-state index is 15.5. The van der Waals surface area contributed by atoms with Crippen molar-refractivity contribution in [2.45, 2.75) is 20.8 Å². The van der Waals surface area contributed by atoms with E-state index in [1.165, 1.54) is 6.07 Å². The van der Waals surface area contributed by atoms with Crippen molar-refractivity contribution in [2.75, 3.05) is 31.5 Å². The number of pyridine rings is 1. The minimum Gasteiger partial charge on any atom is -0.355 e. The van der Waals surface area contributed by atoms with Gasteiger partial charge >= 0.3 is 0 Å². The molecule has 7 nitrogen and oxygen atoms in total. The number of nitrogens with zero attached hydrogens (tertiary/aromatic N) is 4. The number of carbonyl (C=O) groups is 2. The van der Waals surface area contributed by atoms with Crippen LogP contribution in [0.5, 0.6) is 0 Å². The Hall–Kier alpha value is -4.37. The van der Waals surface area contributed by atoms with Crippen LogP contribution in [0.2, 0.25) is 0 Å². The number of hydrogen-bond donors (Lipinski definition) is 1. The fourth-order valence-corrected chi connectivity index (χ4v) is 6.03. The average Bonchev–Trinajstić information content (AvgIpc) is 3.45. The smallest absolute Gasteiger partial charge is 0.254 e. The van der Waals surface area contributed by atoms with Gasteiger partial charge in [0.25, 0.3) is 5.91 Å². The lowest BCUT2D eigenvalue weighted by Gasteiger charge is -2.35. The Morgan fingerprint density at radius 3 is 2.49 bits per heavy atom. The molecule has 0 spiro atoms. The number of hydrogen-bond acceptors (Lipinski definition) is 6. The highest BCUT2D eigenvalue weighted by molar-refractivity contribution is 7.16. The van der Waals surface area contributed by atoms with Gasteiger partial charge in [-0.25, -0.2) is 9.37 Å². The van der Waals surface area contributed by atoms with Crippen molar-refractivity contribution in [2.24, 2.45) is 5.92 Å². The van der Waals surface area contributed by atoms with Crippen molar-refractivity contribution in [3.8, 4) is 11.1 Å². The van der Waals surface area contributed by atoms with Gasteiger partial charge in [-0.1, -0.05) is 26.0 Å². The lowest BCUT2D eigenvalue weighted by molar-refractivity contribution is -0.135. The van der Waals surface area contributed by atoms with Crippen LogP contribution in [0.1, 0.15) is 29.8 Å². The summed E-state index contributed by atoms with van der Waals surface area (Å²) in [5.74, 6) is -0.654. The molecule has 3 aromatic carbocycles. The molecule has 2 amide bonds. The van der Waals surface area contributed by atoms with E-state index in [4.69, 9.17) is 0 Å². The summed E-state index contributed by atoms with van der Waals surface area (Å²) in [5, 5.41) is 4.39. The number of carbonyl (C=O) groups excluding carboxylic acids is 2. The molecule has 0 atom stereocenters. The van der Waals surface area contributed by atoms with Gasteiger partial charge in [0.1, 0.15) is 5.82 Å². The fraction of sp³-hybridized carbons (Fsp3) is 0.250. The van der Waals surface area contributed by atoms with Gasteiger partial charge in [-0.3, -0.25) is 14.6 Å². The number of aromatic nitrogens is 2. The second-order valence-corrected chi connectivity index (χ2v) is 11.6. The zero-order valence-corrected chi connectivity index (χ0v) is 24.0. The van der Waals surface area contributed by atoms with Gasteiger partial charge in [-0.05, 0) is 60.5 Å². The molecule has 1 aliphatic rings. The first-order valence-electron chi connectivity index (χ1n) is 13.7. The molecule has 0 saturated carbocycles. The summed E-state index contributed by atoms with van der Waals surface area (Å²) in [6.07, 6.45) is 1.73. The van der Waals surface area contributed by atoms with Gasteiger partial charge < -0.3 is 15.1 Å². The van der Waals surface area contributed by atoms with E-state index in [1.807, 2.05) is 62.7 Å². The van der Waals surface area contributed by atoms with Gasteiger partial charge in [0.05, 0.1) is 21.2 Å². The molecule has 1 fully saturated rings. The monoisotopic (exact) mass is 567 g/mol. The maximum atomic E-state index is 15.5. The van der Waals surface area contributed by atoms with Gasteiger partial charge in [-0.15, -0.1) is 11.3 Å². The summed E-state index contributed by atoms with van der Waals surface area (Å²) in [7, 11) is 0. The van der Waals surface area contributed by atoms with Crippen molar-refractivity contribution in [1.29, 1.82) is 0 Å². The van der Waals surface area contributed by atoms with Gasteiger partial charge in [0, 0.05) is 66.2 Å². The van der Waals surface area contributed by atoms with Crippen LogP contribution >= 0.6 is 11.3 Å². The third-order valence-electron chi connectivity index (χ3n) is 7.58. The molecule has 41 heavy (non-hydrogen) atoms. The molecule has 5 aromatic rings. The van der Waals surface area contributed by atoms with Gasteiger partial charge in [0.2, 0.25) is 5.91 Å². The molecule has 0 aliphatic carbocycles. The molecule has 9 heteroatoms. The highest BCUT2D eigenvalue weighted by Gasteiger charge is 2.27. The number of rotatable bonds is 5. The predicted molar refractivity (Wildman–Crippen MR) is 162 cm³/mol. The van der Waals surface area contributed by atoms with Crippen molar-refractivity contribution < 1.29 is 14.0 Å². The summed E-state index contributed by atoms with van der Waals surface area (Å²) >= 11 is 1.59. The molecule has 1 saturated heterocycles. The highest BCUT2D eigenvalue weighted by Crippen LogP contribution is 2.33. The number of nitrogens with one attached hydrogen (secondary N) is 1. The summed E-state index contributed by atoms with van der Waals surface area (Å²) in [5.41, 5.74) is 7.54. The quantitative estimate of drug-likeness (QED) is 0.258. The van der Waals surface area contributed by atoms with Crippen molar-refractivity contribution in [3.63, 3.8) is 0 Å². The van der Waals surface area contributed by atoms with Gasteiger partial charge in [-0.2, -0.15) is 0 Å². The van der Waals surface area contributed by atoms with Crippen molar-refractivity contribution >= 4 is 55.6 Å². The number of benzene rings is 3. The summed E-state index contributed by atoms with van der Waals surface area (Å²) in [6, 6.07) is 16.7. The van der Waals surface area contributed by atoms with Crippen LogP contribution < -0.4 is 5.32 Å². The molecule has 1 N–H and O–H groups in total. The van der Waals surface area contributed by atoms with E-state index in [0.29, 0.717) is 48.4 Å². The fourth-order valence-electron chi connectivity index (χ4n) is 5.31. The van der Waals surface area contributed by atoms with Crippen molar-refractivity contribution in [3.05, 3.63) is 83.2 Å². The predicted octanol–water partition coefficient (Wildman–Crippen LogP) is 6.64.